The monoisotopic (exact) mass is 351 g/mol. The summed E-state index contributed by atoms with van der Waals surface area (Å²) in [5.74, 6) is 1.19. The van der Waals surface area contributed by atoms with Crippen LogP contribution in [0.15, 0.2) is 34.9 Å². The number of hydrogen-bond donors (Lipinski definition) is 1. The SMILES string of the molecule is CC(Nc1cc(Br)nc(C(C)(C)C)n1)c1ccccc1F. The molecule has 1 unspecified atom stereocenters. The van der Waals surface area contributed by atoms with Gasteiger partial charge in [-0.05, 0) is 28.9 Å². The maximum atomic E-state index is 13.8. The smallest absolute Gasteiger partial charge is 0.137 e. The summed E-state index contributed by atoms with van der Waals surface area (Å²) in [6, 6.07) is 8.36. The Kier molecular flexibility index (Phi) is 4.61. The van der Waals surface area contributed by atoms with Crippen LogP contribution in [0.2, 0.25) is 0 Å². The van der Waals surface area contributed by atoms with Crippen LogP contribution in [0, 0.1) is 5.82 Å². The van der Waals surface area contributed by atoms with Gasteiger partial charge in [-0.1, -0.05) is 39.0 Å². The highest BCUT2D eigenvalue weighted by Crippen LogP contribution is 2.25. The first-order valence-corrected chi connectivity index (χ1v) is 7.62. The van der Waals surface area contributed by atoms with E-state index in [-0.39, 0.29) is 17.3 Å². The van der Waals surface area contributed by atoms with Crippen molar-refractivity contribution in [3.63, 3.8) is 0 Å². The molecule has 0 saturated heterocycles. The molecule has 1 atom stereocenters. The van der Waals surface area contributed by atoms with Crippen molar-refractivity contribution >= 4 is 21.7 Å². The molecule has 0 radical (unpaired) electrons. The summed E-state index contributed by atoms with van der Waals surface area (Å²) < 4.78 is 14.5. The fourth-order valence-corrected chi connectivity index (χ4v) is 2.34. The van der Waals surface area contributed by atoms with Gasteiger partial charge in [-0.25, -0.2) is 14.4 Å². The number of hydrogen-bond acceptors (Lipinski definition) is 3. The van der Waals surface area contributed by atoms with E-state index in [1.54, 1.807) is 18.2 Å². The van der Waals surface area contributed by atoms with E-state index < -0.39 is 0 Å². The van der Waals surface area contributed by atoms with Gasteiger partial charge in [0.2, 0.25) is 0 Å². The zero-order chi connectivity index (χ0) is 15.6. The van der Waals surface area contributed by atoms with E-state index in [1.165, 1.54) is 6.07 Å². The molecule has 0 saturated carbocycles. The van der Waals surface area contributed by atoms with Crippen LogP contribution < -0.4 is 5.32 Å². The summed E-state index contributed by atoms with van der Waals surface area (Å²) >= 11 is 3.40. The molecule has 0 aliphatic heterocycles. The minimum absolute atomic E-state index is 0.151. The molecule has 112 valence electrons. The number of anilines is 1. The Morgan fingerprint density at radius 1 is 1.19 bits per heavy atom. The van der Waals surface area contributed by atoms with E-state index in [4.69, 9.17) is 0 Å². The van der Waals surface area contributed by atoms with Crippen molar-refractivity contribution in [2.75, 3.05) is 5.32 Å². The predicted octanol–water partition coefficient (Wildman–Crippen LogP) is 4.85. The third-order valence-electron chi connectivity index (χ3n) is 3.10. The van der Waals surface area contributed by atoms with E-state index >= 15 is 0 Å². The summed E-state index contributed by atoms with van der Waals surface area (Å²) in [6.45, 7) is 8.07. The average molecular weight is 352 g/mol. The van der Waals surface area contributed by atoms with Gasteiger partial charge in [0.25, 0.3) is 0 Å². The summed E-state index contributed by atoms with van der Waals surface area (Å²) in [4.78, 5) is 8.92. The second-order valence-electron chi connectivity index (χ2n) is 6.04. The van der Waals surface area contributed by atoms with Crippen LogP contribution >= 0.6 is 15.9 Å². The first-order chi connectivity index (χ1) is 9.77. The average Bonchev–Trinajstić information content (AvgIpc) is 2.37. The lowest BCUT2D eigenvalue weighted by atomic mass is 9.96. The minimum Gasteiger partial charge on any atom is -0.363 e. The molecule has 0 aliphatic carbocycles. The molecule has 2 aromatic rings. The molecule has 0 spiro atoms. The van der Waals surface area contributed by atoms with E-state index in [1.807, 2.05) is 13.0 Å². The quantitative estimate of drug-likeness (QED) is 0.803. The van der Waals surface area contributed by atoms with E-state index in [2.05, 4.69) is 52.0 Å². The van der Waals surface area contributed by atoms with Crippen LogP contribution in [-0.2, 0) is 5.41 Å². The van der Waals surface area contributed by atoms with E-state index in [0.717, 1.165) is 5.82 Å². The van der Waals surface area contributed by atoms with Gasteiger partial charge in [-0.15, -0.1) is 0 Å². The summed E-state index contributed by atoms with van der Waals surface area (Å²) in [5, 5.41) is 3.23. The molecule has 21 heavy (non-hydrogen) atoms. The van der Waals surface area contributed by atoms with Crippen molar-refractivity contribution in [2.24, 2.45) is 0 Å². The highest BCUT2D eigenvalue weighted by Gasteiger charge is 2.19. The van der Waals surface area contributed by atoms with Gasteiger partial charge < -0.3 is 5.32 Å². The van der Waals surface area contributed by atoms with Crippen molar-refractivity contribution in [2.45, 2.75) is 39.2 Å². The van der Waals surface area contributed by atoms with Crippen LogP contribution in [-0.4, -0.2) is 9.97 Å². The topological polar surface area (TPSA) is 37.8 Å². The summed E-state index contributed by atoms with van der Waals surface area (Å²) in [5.41, 5.74) is 0.464. The molecule has 5 heteroatoms. The second kappa shape index (κ2) is 6.10. The molecule has 0 aliphatic rings. The van der Waals surface area contributed by atoms with Gasteiger partial charge in [0, 0.05) is 17.0 Å². The van der Waals surface area contributed by atoms with Crippen molar-refractivity contribution in [1.82, 2.24) is 9.97 Å². The third kappa shape index (κ3) is 4.00. The standard InChI is InChI=1S/C16H19BrFN3/c1-10(11-7-5-6-8-12(11)18)19-14-9-13(17)20-15(21-14)16(2,3)4/h5-10H,1-4H3,(H,19,20,21). The number of nitrogens with zero attached hydrogens (tertiary/aromatic N) is 2. The fourth-order valence-electron chi connectivity index (χ4n) is 1.95. The Morgan fingerprint density at radius 3 is 2.48 bits per heavy atom. The maximum absolute atomic E-state index is 13.8. The lowest BCUT2D eigenvalue weighted by Gasteiger charge is -2.20. The van der Waals surface area contributed by atoms with Crippen LogP contribution in [0.1, 0.15) is 45.1 Å². The maximum Gasteiger partial charge on any atom is 0.137 e. The molecular formula is C16H19BrFN3. The van der Waals surface area contributed by atoms with Crippen LogP contribution in [0.4, 0.5) is 10.2 Å². The van der Waals surface area contributed by atoms with Crippen molar-refractivity contribution in [3.05, 3.63) is 52.1 Å². The molecule has 0 fully saturated rings. The Balaban J connectivity index is 2.28. The molecule has 1 aromatic carbocycles. The molecule has 1 heterocycles. The highest BCUT2D eigenvalue weighted by molar-refractivity contribution is 9.10. The van der Waals surface area contributed by atoms with Gasteiger partial charge in [0.15, 0.2) is 0 Å². The first-order valence-electron chi connectivity index (χ1n) is 6.83. The molecule has 0 amide bonds. The lowest BCUT2D eigenvalue weighted by Crippen LogP contribution is -2.18. The molecular weight excluding hydrogens is 333 g/mol. The van der Waals surface area contributed by atoms with Gasteiger partial charge in [0.1, 0.15) is 22.1 Å². The van der Waals surface area contributed by atoms with Crippen LogP contribution in [0.5, 0.6) is 0 Å². The van der Waals surface area contributed by atoms with Crippen molar-refractivity contribution in [3.8, 4) is 0 Å². The first kappa shape index (κ1) is 15.9. The second-order valence-corrected chi connectivity index (χ2v) is 6.85. The Morgan fingerprint density at radius 2 is 1.86 bits per heavy atom. The Labute approximate surface area is 133 Å². The van der Waals surface area contributed by atoms with Gasteiger partial charge in [-0.2, -0.15) is 0 Å². The molecule has 1 aromatic heterocycles. The number of halogens is 2. The van der Waals surface area contributed by atoms with Crippen molar-refractivity contribution in [1.29, 1.82) is 0 Å². The zero-order valence-electron chi connectivity index (χ0n) is 12.6. The van der Waals surface area contributed by atoms with Gasteiger partial charge in [0.05, 0.1) is 6.04 Å². The Hall–Kier alpha value is -1.49. The molecule has 3 nitrogen and oxygen atoms in total. The molecule has 2 rings (SSSR count). The van der Waals surface area contributed by atoms with E-state index in [0.29, 0.717) is 16.0 Å². The molecule has 0 bridgehead atoms. The summed E-state index contributed by atoms with van der Waals surface area (Å²) in [7, 11) is 0. The lowest BCUT2D eigenvalue weighted by molar-refractivity contribution is 0.543. The summed E-state index contributed by atoms with van der Waals surface area (Å²) in [6.07, 6.45) is 0. The number of nitrogens with one attached hydrogen (secondary N) is 1. The largest absolute Gasteiger partial charge is 0.363 e. The predicted molar refractivity (Wildman–Crippen MR) is 86.9 cm³/mol. The van der Waals surface area contributed by atoms with Gasteiger partial charge in [-0.3, -0.25) is 0 Å². The normalized spacial score (nSPS) is 13.0. The van der Waals surface area contributed by atoms with Crippen LogP contribution in [0.3, 0.4) is 0 Å². The van der Waals surface area contributed by atoms with Gasteiger partial charge >= 0.3 is 0 Å². The van der Waals surface area contributed by atoms with E-state index in [9.17, 15) is 4.39 Å². The Bertz CT molecular complexity index is 638. The van der Waals surface area contributed by atoms with Crippen molar-refractivity contribution < 1.29 is 4.39 Å². The minimum atomic E-state index is -0.221. The van der Waals surface area contributed by atoms with Crippen LogP contribution in [0.25, 0.3) is 0 Å². The number of aromatic nitrogens is 2. The highest BCUT2D eigenvalue weighted by atomic mass is 79.9. The fraction of sp³-hybridized carbons (Fsp3) is 0.375. The zero-order valence-corrected chi connectivity index (χ0v) is 14.2. The third-order valence-corrected chi connectivity index (χ3v) is 3.51. The molecule has 1 N–H and O–H groups in total. The number of rotatable bonds is 3. The number of benzene rings is 1.